The molecule has 0 aliphatic heterocycles. The fourth-order valence-corrected chi connectivity index (χ4v) is 1.34. The smallest absolute Gasteiger partial charge is 0.492 e. The monoisotopic (exact) mass is 242 g/mol. The lowest BCUT2D eigenvalue weighted by Gasteiger charge is -2.11. The van der Waals surface area contributed by atoms with E-state index in [1.165, 1.54) is 12.1 Å². The third-order valence-electron chi connectivity index (χ3n) is 2.14. The molecule has 0 heterocycles. The highest BCUT2D eigenvalue weighted by molar-refractivity contribution is 6.59. The normalized spacial score (nSPS) is 10.4. The highest BCUT2D eigenvalue weighted by Gasteiger charge is 2.17. The lowest BCUT2D eigenvalue weighted by Crippen LogP contribution is -2.32. The zero-order chi connectivity index (χ0) is 12.7. The Bertz CT molecular complexity index is 346. The lowest BCUT2D eigenvalue weighted by atomic mass is 9.79. The van der Waals surface area contributed by atoms with Gasteiger partial charge in [0.05, 0.1) is 6.61 Å². The second-order valence-corrected chi connectivity index (χ2v) is 3.45. The zero-order valence-electron chi connectivity index (χ0n) is 9.73. The predicted octanol–water partition coefficient (Wildman–Crippen LogP) is 0.311. The molecule has 0 saturated carbocycles. The van der Waals surface area contributed by atoms with Gasteiger partial charge in [-0.2, -0.15) is 0 Å². The van der Waals surface area contributed by atoms with Crippen LogP contribution in [0, 0.1) is 5.82 Å². The van der Waals surface area contributed by atoms with Crippen LogP contribution in [0.1, 0.15) is 13.3 Å². The molecule has 0 fully saturated rings. The SMILES string of the molecule is CCOCCCOc1ccc(F)cc1B(O)O. The first kappa shape index (κ1) is 14.0. The molecule has 0 saturated heterocycles. The van der Waals surface area contributed by atoms with Crippen molar-refractivity contribution >= 4 is 12.6 Å². The Hall–Kier alpha value is -1.11. The van der Waals surface area contributed by atoms with Gasteiger partial charge in [0.25, 0.3) is 0 Å². The van der Waals surface area contributed by atoms with E-state index >= 15 is 0 Å². The van der Waals surface area contributed by atoms with Crippen LogP contribution in [-0.2, 0) is 4.74 Å². The first-order chi connectivity index (χ1) is 8.15. The van der Waals surface area contributed by atoms with Gasteiger partial charge >= 0.3 is 7.12 Å². The fourth-order valence-electron chi connectivity index (χ4n) is 1.34. The Morgan fingerprint density at radius 1 is 1.29 bits per heavy atom. The van der Waals surface area contributed by atoms with E-state index < -0.39 is 12.9 Å². The standard InChI is InChI=1S/C11H16BFO4/c1-2-16-6-3-7-17-11-5-4-9(13)8-10(11)12(14)15/h4-5,8,14-15H,2-3,6-7H2,1H3. The molecule has 17 heavy (non-hydrogen) atoms. The molecule has 1 rings (SSSR count). The molecule has 0 aromatic heterocycles. The van der Waals surface area contributed by atoms with Gasteiger partial charge in [0.1, 0.15) is 11.6 Å². The maximum Gasteiger partial charge on any atom is 0.492 e. The van der Waals surface area contributed by atoms with Crippen LogP contribution in [0.4, 0.5) is 4.39 Å². The van der Waals surface area contributed by atoms with Crippen molar-refractivity contribution in [3.8, 4) is 5.75 Å². The van der Waals surface area contributed by atoms with Gasteiger partial charge in [-0.3, -0.25) is 0 Å². The van der Waals surface area contributed by atoms with E-state index in [1.807, 2.05) is 6.92 Å². The van der Waals surface area contributed by atoms with E-state index in [0.29, 0.717) is 26.2 Å². The van der Waals surface area contributed by atoms with Crippen molar-refractivity contribution < 1.29 is 23.9 Å². The summed E-state index contributed by atoms with van der Waals surface area (Å²) in [5.41, 5.74) is 0.0291. The van der Waals surface area contributed by atoms with Crippen molar-refractivity contribution in [3.63, 3.8) is 0 Å². The third kappa shape index (κ3) is 4.72. The lowest BCUT2D eigenvalue weighted by molar-refractivity contribution is 0.131. The Morgan fingerprint density at radius 2 is 2.06 bits per heavy atom. The van der Waals surface area contributed by atoms with E-state index in [9.17, 15) is 4.39 Å². The number of halogens is 1. The minimum Gasteiger partial charge on any atom is -0.494 e. The topological polar surface area (TPSA) is 58.9 Å². The molecule has 2 N–H and O–H groups in total. The molecule has 1 aromatic carbocycles. The molecule has 0 unspecified atom stereocenters. The van der Waals surface area contributed by atoms with E-state index in [2.05, 4.69) is 0 Å². The fraction of sp³-hybridized carbons (Fsp3) is 0.455. The third-order valence-corrected chi connectivity index (χ3v) is 2.14. The Labute approximate surface area is 100 Å². The Morgan fingerprint density at radius 3 is 2.71 bits per heavy atom. The molecule has 0 atom stereocenters. The summed E-state index contributed by atoms with van der Waals surface area (Å²) in [6, 6.07) is 3.64. The van der Waals surface area contributed by atoms with Crippen LogP contribution in [0.15, 0.2) is 18.2 Å². The van der Waals surface area contributed by atoms with Crippen LogP contribution in [0.2, 0.25) is 0 Å². The summed E-state index contributed by atoms with van der Waals surface area (Å²) in [7, 11) is -1.74. The minimum absolute atomic E-state index is 0.0291. The number of rotatable bonds is 7. The molecular weight excluding hydrogens is 226 g/mol. The molecule has 6 heteroatoms. The predicted molar refractivity (Wildman–Crippen MR) is 62.8 cm³/mol. The molecule has 0 radical (unpaired) electrons. The van der Waals surface area contributed by atoms with Crippen molar-refractivity contribution in [2.45, 2.75) is 13.3 Å². The van der Waals surface area contributed by atoms with Gasteiger partial charge in [-0.1, -0.05) is 0 Å². The van der Waals surface area contributed by atoms with Crippen molar-refractivity contribution in [2.75, 3.05) is 19.8 Å². The zero-order valence-corrected chi connectivity index (χ0v) is 9.73. The summed E-state index contributed by atoms with van der Waals surface area (Å²) < 4.78 is 23.4. The second-order valence-electron chi connectivity index (χ2n) is 3.45. The van der Waals surface area contributed by atoms with Gasteiger partial charge in [-0.05, 0) is 25.1 Å². The van der Waals surface area contributed by atoms with Crippen LogP contribution in [0.3, 0.4) is 0 Å². The van der Waals surface area contributed by atoms with E-state index in [-0.39, 0.29) is 11.2 Å². The molecule has 0 spiro atoms. The average Bonchev–Trinajstić information content (AvgIpc) is 2.30. The minimum atomic E-state index is -1.74. The maximum absolute atomic E-state index is 12.9. The van der Waals surface area contributed by atoms with Crippen molar-refractivity contribution in [3.05, 3.63) is 24.0 Å². The van der Waals surface area contributed by atoms with E-state index in [4.69, 9.17) is 19.5 Å². The molecule has 0 bridgehead atoms. The molecule has 1 aromatic rings. The summed E-state index contributed by atoms with van der Waals surface area (Å²) in [5, 5.41) is 18.1. The summed E-state index contributed by atoms with van der Waals surface area (Å²) in [6.45, 7) is 3.51. The molecule has 0 amide bonds. The van der Waals surface area contributed by atoms with Crippen LogP contribution in [0.25, 0.3) is 0 Å². The maximum atomic E-state index is 12.9. The average molecular weight is 242 g/mol. The van der Waals surface area contributed by atoms with Gasteiger partial charge in [0.2, 0.25) is 0 Å². The Kier molecular flexibility index (Phi) is 5.97. The molecule has 4 nitrogen and oxygen atoms in total. The molecule has 0 aliphatic carbocycles. The first-order valence-corrected chi connectivity index (χ1v) is 5.51. The number of hydrogen-bond donors (Lipinski definition) is 2. The van der Waals surface area contributed by atoms with Gasteiger partial charge in [0, 0.05) is 25.1 Å². The highest BCUT2D eigenvalue weighted by Crippen LogP contribution is 2.10. The van der Waals surface area contributed by atoms with Crippen molar-refractivity contribution in [1.29, 1.82) is 0 Å². The number of benzene rings is 1. The number of ether oxygens (including phenoxy) is 2. The van der Waals surface area contributed by atoms with Crippen LogP contribution in [0.5, 0.6) is 5.75 Å². The summed E-state index contributed by atoms with van der Waals surface area (Å²) in [5.74, 6) is -0.257. The van der Waals surface area contributed by atoms with E-state index in [0.717, 1.165) is 6.07 Å². The molecule has 94 valence electrons. The van der Waals surface area contributed by atoms with Crippen LogP contribution >= 0.6 is 0 Å². The quantitative estimate of drug-likeness (QED) is 0.533. The number of hydrogen-bond acceptors (Lipinski definition) is 4. The van der Waals surface area contributed by atoms with Gasteiger partial charge in [0.15, 0.2) is 0 Å². The Balaban J connectivity index is 2.52. The van der Waals surface area contributed by atoms with E-state index in [1.54, 1.807) is 0 Å². The first-order valence-electron chi connectivity index (χ1n) is 5.51. The largest absolute Gasteiger partial charge is 0.494 e. The van der Waals surface area contributed by atoms with Gasteiger partial charge < -0.3 is 19.5 Å². The van der Waals surface area contributed by atoms with Crippen LogP contribution in [-0.4, -0.2) is 37.0 Å². The highest BCUT2D eigenvalue weighted by atomic mass is 19.1. The van der Waals surface area contributed by atoms with Crippen molar-refractivity contribution in [2.24, 2.45) is 0 Å². The molecular formula is C11H16BFO4. The van der Waals surface area contributed by atoms with Crippen molar-refractivity contribution in [1.82, 2.24) is 0 Å². The van der Waals surface area contributed by atoms with Gasteiger partial charge in [-0.15, -0.1) is 0 Å². The summed E-state index contributed by atoms with van der Waals surface area (Å²) in [6.07, 6.45) is 0.687. The van der Waals surface area contributed by atoms with Crippen LogP contribution < -0.4 is 10.2 Å². The second kappa shape index (κ2) is 7.27. The summed E-state index contributed by atoms with van der Waals surface area (Å²) >= 11 is 0. The molecule has 0 aliphatic rings. The summed E-state index contributed by atoms with van der Waals surface area (Å²) in [4.78, 5) is 0. The van der Waals surface area contributed by atoms with Gasteiger partial charge in [-0.25, -0.2) is 4.39 Å².